The van der Waals surface area contributed by atoms with Gasteiger partial charge in [0.2, 0.25) is 0 Å². The Bertz CT molecular complexity index is 2140. The number of phenols is 3. The molecule has 0 aliphatic carbocycles. The van der Waals surface area contributed by atoms with Crippen molar-refractivity contribution in [3.8, 4) is 23.0 Å². The van der Waals surface area contributed by atoms with E-state index in [2.05, 4.69) is 10.2 Å². The summed E-state index contributed by atoms with van der Waals surface area (Å²) in [4.78, 5) is 42.9. The zero-order chi connectivity index (χ0) is 45.4. The van der Waals surface area contributed by atoms with Gasteiger partial charge in [-0.05, 0) is 40.8 Å². The zero-order valence-corrected chi connectivity index (χ0v) is 37.1. The molecule has 2 unspecified atom stereocenters. The summed E-state index contributed by atoms with van der Waals surface area (Å²) in [6, 6.07) is -0.100. The number of esters is 1. The summed E-state index contributed by atoms with van der Waals surface area (Å²) >= 11 is 0. The third-order valence-electron chi connectivity index (χ3n) is 12.4. The lowest BCUT2D eigenvalue weighted by Crippen LogP contribution is -2.53. The van der Waals surface area contributed by atoms with Crippen LogP contribution in [0, 0.1) is 30.6 Å². The van der Waals surface area contributed by atoms with Gasteiger partial charge in [-0.1, -0.05) is 45.9 Å². The van der Waals surface area contributed by atoms with E-state index < -0.39 is 88.8 Å². The van der Waals surface area contributed by atoms with Crippen molar-refractivity contribution in [1.82, 2.24) is 9.91 Å². The number of benzene rings is 2. The van der Waals surface area contributed by atoms with Gasteiger partial charge in [0.25, 0.3) is 11.7 Å². The highest BCUT2D eigenvalue weighted by Gasteiger charge is 2.50. The minimum absolute atomic E-state index is 0.0501. The predicted octanol–water partition coefficient (Wildman–Crippen LogP) is 5.11. The van der Waals surface area contributed by atoms with Gasteiger partial charge in [0.1, 0.15) is 23.4 Å². The van der Waals surface area contributed by atoms with Gasteiger partial charge in [-0.15, -0.1) is 0 Å². The Morgan fingerprint density at radius 3 is 2.18 bits per heavy atom. The lowest BCUT2D eigenvalue weighted by Gasteiger charge is -2.41. The van der Waals surface area contributed by atoms with Crippen LogP contribution in [0.5, 0.6) is 23.0 Å². The number of fused-ring (bicyclic) bond motifs is 14. The van der Waals surface area contributed by atoms with E-state index in [1.54, 1.807) is 39.8 Å². The standard InChI is InChI=1S/C45H62N4O12/c1-21-14-13-15-22(2)44(57)47-35-30(18-46-49-23(3)19-48(11)20-24(49)4)39(54)32-33(40(35)55)38(53)28(8)42-34(32)43(56)45(10,61-42)59-17-16-31(58-12)25(5)41(60-29(9)50)27(7)37(52)26(6)36(21)51/h13-18,21,23-27,31,36-37,41,51-55H,19-20H2,1-12H3,(H,47,57)/b14-13+,17-16+,22-15+,46-18+/t21-,23?,24?,25+,26+,27+,31-,36-,37+,41+,45-/m0/s1. The Balaban J connectivity index is 1.73. The van der Waals surface area contributed by atoms with Crippen molar-refractivity contribution in [2.75, 3.05) is 32.6 Å². The van der Waals surface area contributed by atoms with Gasteiger partial charge in [0.05, 0.1) is 65.1 Å². The zero-order valence-electron chi connectivity index (χ0n) is 37.1. The van der Waals surface area contributed by atoms with Crippen molar-refractivity contribution >= 4 is 40.3 Å². The molecule has 16 nitrogen and oxygen atoms in total. The molecule has 5 bridgehead atoms. The molecule has 1 amide bonds. The van der Waals surface area contributed by atoms with Crippen LogP contribution in [-0.2, 0) is 23.8 Å². The number of aromatic hydroxyl groups is 3. The molecular weight excluding hydrogens is 789 g/mol. The Morgan fingerprint density at radius 1 is 0.934 bits per heavy atom. The number of anilines is 1. The molecule has 61 heavy (non-hydrogen) atoms. The molecule has 0 saturated carbocycles. The predicted molar refractivity (Wildman–Crippen MR) is 230 cm³/mol. The molecule has 0 spiro atoms. The van der Waals surface area contributed by atoms with Crippen LogP contribution < -0.4 is 10.1 Å². The number of methoxy groups -OCH3 is 1. The average molecular weight is 851 g/mol. The van der Waals surface area contributed by atoms with Crippen LogP contribution in [0.1, 0.15) is 83.8 Å². The smallest absolute Gasteiger partial charge is 0.312 e. The first-order valence-corrected chi connectivity index (χ1v) is 20.6. The number of ether oxygens (including phenoxy) is 4. The number of allylic oxidation sites excluding steroid dienone is 2. The first-order chi connectivity index (χ1) is 28.6. The summed E-state index contributed by atoms with van der Waals surface area (Å²) in [7, 11) is 3.44. The van der Waals surface area contributed by atoms with E-state index >= 15 is 0 Å². The number of nitrogens with zero attached hydrogens (tertiary/aromatic N) is 3. The van der Waals surface area contributed by atoms with E-state index in [1.807, 2.05) is 25.9 Å². The van der Waals surface area contributed by atoms with Crippen LogP contribution >= 0.6 is 0 Å². The fourth-order valence-corrected chi connectivity index (χ4v) is 8.80. The van der Waals surface area contributed by atoms with Crippen molar-refractivity contribution in [2.24, 2.45) is 28.8 Å². The highest BCUT2D eigenvalue weighted by Crippen LogP contribution is 2.55. The summed E-state index contributed by atoms with van der Waals surface area (Å²) in [5.74, 6) is -8.39. The van der Waals surface area contributed by atoms with Gasteiger partial charge in [-0.2, -0.15) is 5.10 Å². The molecule has 6 rings (SSSR count). The van der Waals surface area contributed by atoms with Crippen LogP contribution in [0.2, 0.25) is 0 Å². The number of nitrogens with one attached hydrogen (secondary N) is 1. The van der Waals surface area contributed by atoms with Crippen molar-refractivity contribution in [1.29, 1.82) is 0 Å². The fraction of sp³-hybridized carbons (Fsp3) is 0.556. The normalized spacial score (nSPS) is 33.9. The monoisotopic (exact) mass is 850 g/mol. The van der Waals surface area contributed by atoms with Crippen LogP contribution in [0.15, 0.2) is 41.2 Å². The number of carbonyl (C=O) groups is 3. The lowest BCUT2D eigenvalue weighted by molar-refractivity contribution is -0.160. The van der Waals surface area contributed by atoms with Gasteiger partial charge < -0.3 is 54.7 Å². The first kappa shape index (κ1) is 46.9. The number of phenolic OH excluding ortho intramolecular Hbond substituents is 3. The number of amides is 1. The van der Waals surface area contributed by atoms with Gasteiger partial charge in [-0.25, -0.2) is 0 Å². The number of hydrogen-bond donors (Lipinski definition) is 6. The number of ketones is 1. The lowest BCUT2D eigenvalue weighted by atomic mass is 9.78. The molecule has 11 atom stereocenters. The number of likely N-dealkylation sites (N-methyl/N-ethyl adjacent to an activating group) is 1. The molecule has 4 aliphatic heterocycles. The Morgan fingerprint density at radius 2 is 1.57 bits per heavy atom. The van der Waals surface area contributed by atoms with E-state index in [1.165, 1.54) is 59.4 Å². The molecule has 1 fully saturated rings. The van der Waals surface area contributed by atoms with Crippen molar-refractivity contribution in [3.05, 3.63) is 52.8 Å². The first-order valence-electron chi connectivity index (χ1n) is 20.6. The van der Waals surface area contributed by atoms with Gasteiger partial charge in [0, 0.05) is 74.2 Å². The van der Waals surface area contributed by atoms with Crippen molar-refractivity contribution in [3.63, 3.8) is 0 Å². The van der Waals surface area contributed by atoms with Crippen molar-refractivity contribution in [2.45, 2.75) is 112 Å². The number of hydrogen-bond acceptors (Lipinski definition) is 15. The molecule has 4 aliphatic rings. The Hall–Kier alpha value is -5.16. The summed E-state index contributed by atoms with van der Waals surface area (Å²) in [5.41, 5.74) is -0.367. The largest absolute Gasteiger partial charge is 0.507 e. The number of rotatable bonds is 4. The van der Waals surface area contributed by atoms with E-state index in [0.29, 0.717) is 13.1 Å². The maximum Gasteiger partial charge on any atom is 0.312 e. The van der Waals surface area contributed by atoms with E-state index in [4.69, 9.17) is 24.0 Å². The number of carbonyl (C=O) groups excluding carboxylic acids is 3. The maximum atomic E-state index is 14.5. The molecule has 334 valence electrons. The van der Waals surface area contributed by atoms with Crippen LogP contribution in [0.4, 0.5) is 5.69 Å². The highest BCUT2D eigenvalue weighted by molar-refractivity contribution is 6.23. The summed E-state index contributed by atoms with van der Waals surface area (Å²) in [6.07, 6.45) is 4.88. The summed E-state index contributed by atoms with van der Waals surface area (Å²) < 4.78 is 23.7. The topological polar surface area (TPSA) is 220 Å². The quantitative estimate of drug-likeness (QED) is 0.102. The molecule has 16 heteroatoms. The average Bonchev–Trinajstić information content (AvgIpc) is 3.46. The second-order valence-electron chi connectivity index (χ2n) is 17.2. The van der Waals surface area contributed by atoms with Crippen molar-refractivity contribution < 1.29 is 58.9 Å². The third-order valence-corrected chi connectivity index (χ3v) is 12.4. The molecule has 0 aromatic heterocycles. The number of aliphatic hydroxyl groups is 2. The third kappa shape index (κ3) is 9.08. The maximum absolute atomic E-state index is 14.5. The number of hydrazone groups is 1. The number of Topliss-reactive ketones (excluding diaryl/α,β-unsaturated/α-hetero) is 1. The Labute approximate surface area is 357 Å². The molecule has 2 aromatic carbocycles. The number of aliphatic hydroxyl groups excluding tert-OH is 2. The molecule has 2 aromatic rings. The van der Waals surface area contributed by atoms with E-state index in [0.717, 1.165) is 0 Å². The van der Waals surface area contributed by atoms with Gasteiger partial charge in [-0.3, -0.25) is 19.4 Å². The second kappa shape index (κ2) is 18.4. The second-order valence-corrected chi connectivity index (χ2v) is 17.2. The van der Waals surface area contributed by atoms with Gasteiger partial charge >= 0.3 is 11.8 Å². The molecule has 0 radical (unpaired) electrons. The minimum Gasteiger partial charge on any atom is -0.507 e. The van der Waals surface area contributed by atoms with Crippen LogP contribution in [0.3, 0.4) is 0 Å². The fourth-order valence-electron chi connectivity index (χ4n) is 8.80. The molecule has 1 saturated heterocycles. The summed E-state index contributed by atoms with van der Waals surface area (Å²) in [5, 5.41) is 67.5. The van der Waals surface area contributed by atoms with E-state index in [-0.39, 0.29) is 56.6 Å². The highest BCUT2D eigenvalue weighted by atomic mass is 16.7. The minimum atomic E-state index is -2.05. The number of piperazine rings is 1. The Kier molecular flexibility index (Phi) is 14.2. The molecule has 4 heterocycles. The van der Waals surface area contributed by atoms with Crippen LogP contribution in [0.25, 0.3) is 10.8 Å². The van der Waals surface area contributed by atoms with Gasteiger partial charge in [0.15, 0.2) is 5.75 Å². The summed E-state index contributed by atoms with van der Waals surface area (Å²) in [6.45, 7) is 17.9. The molecular formula is C45H62N4O12. The van der Waals surface area contributed by atoms with Crippen LogP contribution in [-0.4, -0.2) is 129 Å². The van der Waals surface area contributed by atoms with E-state index in [9.17, 15) is 39.9 Å². The SMILES string of the molecule is CO[C@H]1/C=C/O[C@@]2(C)Oc3c(C)c(O)c4c(O)c(c(/C=N/N5C(C)CN(C)CC5C)c(O)c4c3C2=O)NC(=O)/C(C)=C/C=C/[C@H](C)[C@H](O)[C@@H](C)[C@@H](O)[C@@H](C)[C@H](OC(C)=O)[C@@H]1C. The molecule has 6 N–H and O–H groups in total.